The van der Waals surface area contributed by atoms with Gasteiger partial charge in [-0.25, -0.2) is 0 Å². The molecule has 0 spiro atoms. The van der Waals surface area contributed by atoms with Crippen molar-refractivity contribution in [1.82, 2.24) is 10.2 Å². The molecule has 2 unspecified atom stereocenters. The summed E-state index contributed by atoms with van der Waals surface area (Å²) in [6.07, 6.45) is 6.03. The highest BCUT2D eigenvalue weighted by molar-refractivity contribution is 4.83. The van der Waals surface area contributed by atoms with Gasteiger partial charge in [-0.15, -0.1) is 6.58 Å². The molecule has 2 atom stereocenters. The number of nitrogens with one attached hydrogen (secondary N) is 1. The van der Waals surface area contributed by atoms with Crippen LogP contribution in [0.5, 0.6) is 0 Å². The zero-order chi connectivity index (χ0) is 11.1. The smallest absolute Gasteiger partial charge is 0.00220 e. The molecule has 0 radical (unpaired) electrons. The van der Waals surface area contributed by atoms with Crippen LogP contribution in [0.3, 0.4) is 0 Å². The van der Waals surface area contributed by atoms with Crippen LogP contribution in [-0.4, -0.2) is 38.1 Å². The number of hydrogen-bond acceptors (Lipinski definition) is 2. The molecule has 1 aliphatic rings. The summed E-state index contributed by atoms with van der Waals surface area (Å²) in [5.74, 6) is 1.49. The van der Waals surface area contributed by atoms with Gasteiger partial charge in [-0.3, -0.25) is 0 Å². The van der Waals surface area contributed by atoms with E-state index in [1.54, 1.807) is 0 Å². The molecule has 1 aliphatic heterocycles. The van der Waals surface area contributed by atoms with Crippen molar-refractivity contribution in [3.8, 4) is 0 Å². The lowest BCUT2D eigenvalue weighted by Crippen LogP contribution is -2.42. The van der Waals surface area contributed by atoms with Gasteiger partial charge in [0, 0.05) is 6.54 Å². The van der Waals surface area contributed by atoms with E-state index >= 15 is 0 Å². The van der Waals surface area contributed by atoms with Gasteiger partial charge >= 0.3 is 0 Å². The van der Waals surface area contributed by atoms with Crippen molar-refractivity contribution < 1.29 is 0 Å². The molecule has 2 heteroatoms. The minimum atomic E-state index is 0.699. The largest absolute Gasteiger partial charge is 0.319 e. The van der Waals surface area contributed by atoms with Crippen molar-refractivity contribution in [3.05, 3.63) is 12.7 Å². The summed E-state index contributed by atoms with van der Waals surface area (Å²) in [4.78, 5) is 2.57. The number of rotatable bonds is 8. The Balaban J connectivity index is 2.30. The summed E-state index contributed by atoms with van der Waals surface area (Å²) in [7, 11) is 2.05. The number of nitrogens with zero attached hydrogens (tertiary/aromatic N) is 1. The first-order valence-electron chi connectivity index (χ1n) is 6.29. The third-order valence-electron chi connectivity index (χ3n) is 3.45. The minimum Gasteiger partial charge on any atom is -0.319 e. The first-order valence-corrected chi connectivity index (χ1v) is 6.29. The minimum absolute atomic E-state index is 0.699. The van der Waals surface area contributed by atoms with E-state index in [-0.39, 0.29) is 0 Å². The molecule has 2 nitrogen and oxygen atoms in total. The highest BCUT2D eigenvalue weighted by Gasteiger charge is 2.20. The quantitative estimate of drug-likeness (QED) is 0.617. The molecule has 1 heterocycles. The van der Waals surface area contributed by atoms with E-state index in [0.29, 0.717) is 5.92 Å². The normalized spacial score (nSPS) is 20.7. The van der Waals surface area contributed by atoms with Crippen LogP contribution in [0.2, 0.25) is 0 Å². The van der Waals surface area contributed by atoms with Crippen molar-refractivity contribution in [1.29, 1.82) is 0 Å². The summed E-state index contributed by atoms with van der Waals surface area (Å²) in [6.45, 7) is 11.2. The fraction of sp³-hybridized carbons (Fsp3) is 0.846. The molecule has 1 saturated heterocycles. The third kappa shape index (κ3) is 4.35. The Hall–Kier alpha value is -0.340. The zero-order valence-electron chi connectivity index (χ0n) is 10.3. The van der Waals surface area contributed by atoms with Crippen LogP contribution in [0, 0.1) is 11.8 Å². The predicted molar refractivity (Wildman–Crippen MR) is 67.1 cm³/mol. The van der Waals surface area contributed by atoms with Gasteiger partial charge in [-0.05, 0) is 57.8 Å². The maximum Gasteiger partial charge on any atom is 0.00220 e. The van der Waals surface area contributed by atoms with Crippen molar-refractivity contribution in [2.45, 2.75) is 26.2 Å². The van der Waals surface area contributed by atoms with Gasteiger partial charge in [0.2, 0.25) is 0 Å². The van der Waals surface area contributed by atoms with Gasteiger partial charge in [-0.1, -0.05) is 13.0 Å². The summed E-state index contributed by atoms with van der Waals surface area (Å²) >= 11 is 0. The highest BCUT2D eigenvalue weighted by atomic mass is 15.2. The molecule has 0 aliphatic carbocycles. The molecule has 0 saturated carbocycles. The van der Waals surface area contributed by atoms with E-state index in [2.05, 4.69) is 36.8 Å². The van der Waals surface area contributed by atoms with E-state index < -0.39 is 0 Å². The lowest BCUT2D eigenvalue weighted by Gasteiger charge is -2.35. The van der Waals surface area contributed by atoms with Crippen LogP contribution in [0.25, 0.3) is 0 Å². The van der Waals surface area contributed by atoms with Crippen LogP contribution in [0.1, 0.15) is 26.2 Å². The van der Waals surface area contributed by atoms with E-state index in [0.717, 1.165) is 12.5 Å². The molecule has 88 valence electrons. The fourth-order valence-electron chi connectivity index (χ4n) is 2.30. The van der Waals surface area contributed by atoms with Gasteiger partial charge in [0.15, 0.2) is 0 Å². The second-order valence-electron chi connectivity index (χ2n) is 4.72. The van der Waals surface area contributed by atoms with Gasteiger partial charge in [0.05, 0.1) is 0 Å². The third-order valence-corrected chi connectivity index (χ3v) is 3.45. The Morgan fingerprint density at radius 1 is 1.47 bits per heavy atom. The molecule has 0 aromatic carbocycles. The van der Waals surface area contributed by atoms with Gasteiger partial charge in [0.1, 0.15) is 0 Å². The van der Waals surface area contributed by atoms with Crippen LogP contribution >= 0.6 is 0 Å². The van der Waals surface area contributed by atoms with Crippen molar-refractivity contribution in [3.63, 3.8) is 0 Å². The Bertz CT molecular complexity index is 175. The Morgan fingerprint density at radius 2 is 2.20 bits per heavy atom. The standard InChI is InChI=1S/C13H26N2/c1-4-12(5-2)9-13(10-14-3)11-15-7-6-8-15/h4,12-14H,1,5-11H2,2-3H3. The molecule has 0 aromatic heterocycles. The van der Waals surface area contributed by atoms with E-state index in [4.69, 9.17) is 0 Å². The molecule has 1 N–H and O–H groups in total. The molecule has 0 amide bonds. The van der Waals surface area contributed by atoms with Gasteiger partial charge in [0.25, 0.3) is 0 Å². The average Bonchev–Trinajstić information content (AvgIpc) is 2.19. The summed E-state index contributed by atoms with van der Waals surface area (Å²) in [5.41, 5.74) is 0. The summed E-state index contributed by atoms with van der Waals surface area (Å²) < 4.78 is 0. The predicted octanol–water partition coefficient (Wildman–Crippen LogP) is 2.13. The molecule has 15 heavy (non-hydrogen) atoms. The van der Waals surface area contributed by atoms with Gasteiger partial charge in [-0.2, -0.15) is 0 Å². The van der Waals surface area contributed by atoms with E-state index in [9.17, 15) is 0 Å². The maximum atomic E-state index is 3.92. The fourth-order valence-corrected chi connectivity index (χ4v) is 2.30. The monoisotopic (exact) mass is 210 g/mol. The Kier molecular flexibility index (Phi) is 5.96. The number of hydrogen-bond donors (Lipinski definition) is 1. The van der Waals surface area contributed by atoms with Crippen LogP contribution < -0.4 is 5.32 Å². The molecular formula is C13H26N2. The van der Waals surface area contributed by atoms with Crippen molar-refractivity contribution in [2.24, 2.45) is 11.8 Å². The second kappa shape index (κ2) is 7.02. The molecule has 0 aromatic rings. The zero-order valence-corrected chi connectivity index (χ0v) is 10.3. The van der Waals surface area contributed by atoms with Gasteiger partial charge < -0.3 is 10.2 Å². The van der Waals surface area contributed by atoms with Crippen molar-refractivity contribution >= 4 is 0 Å². The first kappa shape index (κ1) is 12.7. The second-order valence-corrected chi connectivity index (χ2v) is 4.72. The van der Waals surface area contributed by atoms with Crippen LogP contribution in [0.15, 0.2) is 12.7 Å². The summed E-state index contributed by atoms with van der Waals surface area (Å²) in [6, 6.07) is 0. The van der Waals surface area contributed by atoms with E-state index in [1.807, 2.05) is 0 Å². The molecular weight excluding hydrogens is 184 g/mol. The van der Waals surface area contributed by atoms with E-state index in [1.165, 1.54) is 38.9 Å². The Morgan fingerprint density at radius 3 is 2.60 bits per heavy atom. The lowest BCUT2D eigenvalue weighted by atomic mass is 9.91. The number of likely N-dealkylation sites (tertiary alicyclic amines) is 1. The highest BCUT2D eigenvalue weighted by Crippen LogP contribution is 2.19. The topological polar surface area (TPSA) is 15.3 Å². The molecule has 1 fully saturated rings. The van der Waals surface area contributed by atoms with Crippen LogP contribution in [0.4, 0.5) is 0 Å². The SMILES string of the molecule is C=CC(CC)CC(CNC)CN1CCC1. The van der Waals surface area contributed by atoms with Crippen LogP contribution in [-0.2, 0) is 0 Å². The van der Waals surface area contributed by atoms with Crippen molar-refractivity contribution in [2.75, 3.05) is 33.2 Å². The summed E-state index contributed by atoms with van der Waals surface area (Å²) in [5, 5.41) is 3.31. The Labute approximate surface area is 94.7 Å². The molecule has 1 rings (SSSR count). The maximum absolute atomic E-state index is 3.92. The first-order chi connectivity index (χ1) is 7.30. The lowest BCUT2D eigenvalue weighted by molar-refractivity contribution is 0.143. The number of allylic oxidation sites excluding steroid dienone is 1. The average molecular weight is 210 g/mol. The molecule has 0 bridgehead atoms.